The van der Waals surface area contributed by atoms with Crippen LogP contribution in [0.15, 0.2) is 29.4 Å². The number of pyridine rings is 1. The standard InChI is InChI=1S/C17H29N5.HI/c1-2-18-17(21-15-16-9-3-4-10-19-16)20-11-5-6-12-22-13-7-8-14-22;/h3-4,9-10H,2,5-8,11-15H2,1H3,(H2,18,20,21);1H. The molecule has 0 amide bonds. The van der Waals surface area contributed by atoms with Crippen LogP contribution in [-0.2, 0) is 6.54 Å². The van der Waals surface area contributed by atoms with E-state index in [1.165, 1.54) is 45.3 Å². The van der Waals surface area contributed by atoms with Crippen molar-refractivity contribution in [1.29, 1.82) is 0 Å². The summed E-state index contributed by atoms with van der Waals surface area (Å²) in [6.07, 6.45) is 7.01. The van der Waals surface area contributed by atoms with Crippen molar-refractivity contribution in [3.8, 4) is 0 Å². The average Bonchev–Trinajstić information content (AvgIpc) is 3.06. The van der Waals surface area contributed by atoms with Crippen LogP contribution in [0, 0.1) is 0 Å². The van der Waals surface area contributed by atoms with Crippen LogP contribution < -0.4 is 10.6 Å². The molecular formula is C17H30IN5. The molecule has 0 saturated carbocycles. The van der Waals surface area contributed by atoms with E-state index < -0.39 is 0 Å². The molecule has 6 heteroatoms. The van der Waals surface area contributed by atoms with E-state index in [2.05, 4.69) is 32.4 Å². The molecular weight excluding hydrogens is 401 g/mol. The fourth-order valence-electron chi connectivity index (χ4n) is 2.67. The molecule has 1 aliphatic heterocycles. The lowest BCUT2D eigenvalue weighted by atomic mass is 10.3. The zero-order chi connectivity index (χ0) is 15.5. The van der Waals surface area contributed by atoms with Gasteiger partial charge in [-0.15, -0.1) is 24.0 Å². The largest absolute Gasteiger partial charge is 0.357 e. The monoisotopic (exact) mass is 431 g/mol. The maximum Gasteiger partial charge on any atom is 0.191 e. The van der Waals surface area contributed by atoms with Crippen molar-refractivity contribution >= 4 is 29.9 Å². The molecule has 0 aliphatic carbocycles. The van der Waals surface area contributed by atoms with Gasteiger partial charge in [0, 0.05) is 19.3 Å². The van der Waals surface area contributed by atoms with Crippen LogP contribution in [0.5, 0.6) is 0 Å². The summed E-state index contributed by atoms with van der Waals surface area (Å²) in [5, 5.41) is 6.69. The van der Waals surface area contributed by atoms with E-state index in [4.69, 9.17) is 0 Å². The van der Waals surface area contributed by atoms with Crippen molar-refractivity contribution in [3.05, 3.63) is 30.1 Å². The molecule has 130 valence electrons. The van der Waals surface area contributed by atoms with Crippen LogP contribution in [0.2, 0.25) is 0 Å². The second-order valence-electron chi connectivity index (χ2n) is 5.70. The summed E-state index contributed by atoms with van der Waals surface area (Å²) in [5.41, 5.74) is 0.994. The second kappa shape index (κ2) is 12.5. The van der Waals surface area contributed by atoms with Gasteiger partial charge in [-0.3, -0.25) is 4.98 Å². The summed E-state index contributed by atoms with van der Waals surface area (Å²) < 4.78 is 0. The highest BCUT2D eigenvalue weighted by Gasteiger charge is 2.09. The summed E-state index contributed by atoms with van der Waals surface area (Å²) in [6.45, 7) is 8.38. The summed E-state index contributed by atoms with van der Waals surface area (Å²) in [4.78, 5) is 11.4. The molecule has 5 nitrogen and oxygen atoms in total. The number of aliphatic imine (C=N–C) groups is 1. The number of rotatable bonds is 8. The second-order valence-corrected chi connectivity index (χ2v) is 5.70. The lowest BCUT2D eigenvalue weighted by Crippen LogP contribution is -2.38. The lowest BCUT2D eigenvalue weighted by molar-refractivity contribution is 0.330. The lowest BCUT2D eigenvalue weighted by Gasteiger charge is -2.15. The first-order valence-electron chi connectivity index (χ1n) is 8.53. The van der Waals surface area contributed by atoms with Gasteiger partial charge in [0.2, 0.25) is 0 Å². The van der Waals surface area contributed by atoms with E-state index in [0.29, 0.717) is 6.54 Å². The molecule has 1 saturated heterocycles. The van der Waals surface area contributed by atoms with Crippen molar-refractivity contribution in [1.82, 2.24) is 20.5 Å². The first kappa shape index (κ1) is 20.2. The van der Waals surface area contributed by atoms with Crippen LogP contribution in [0.3, 0.4) is 0 Å². The molecule has 2 heterocycles. The van der Waals surface area contributed by atoms with Crippen molar-refractivity contribution in [2.24, 2.45) is 4.99 Å². The highest BCUT2D eigenvalue weighted by atomic mass is 127. The Morgan fingerprint density at radius 1 is 1.22 bits per heavy atom. The molecule has 0 unspecified atom stereocenters. The van der Waals surface area contributed by atoms with Gasteiger partial charge in [-0.25, -0.2) is 4.99 Å². The number of unbranched alkanes of at least 4 members (excludes halogenated alkanes) is 1. The summed E-state index contributed by atoms with van der Waals surface area (Å²) in [7, 11) is 0. The Labute approximate surface area is 157 Å². The van der Waals surface area contributed by atoms with Gasteiger partial charge in [-0.2, -0.15) is 0 Å². The van der Waals surface area contributed by atoms with Crippen LogP contribution in [0.4, 0.5) is 0 Å². The number of hydrogen-bond donors (Lipinski definition) is 2. The quantitative estimate of drug-likeness (QED) is 0.288. The van der Waals surface area contributed by atoms with Crippen LogP contribution in [-0.4, -0.2) is 48.6 Å². The zero-order valence-corrected chi connectivity index (χ0v) is 16.5. The molecule has 0 spiro atoms. The smallest absolute Gasteiger partial charge is 0.191 e. The highest BCUT2D eigenvalue weighted by molar-refractivity contribution is 14.0. The van der Waals surface area contributed by atoms with E-state index in [1.807, 2.05) is 24.4 Å². The number of hydrogen-bond acceptors (Lipinski definition) is 3. The fourth-order valence-corrected chi connectivity index (χ4v) is 2.67. The molecule has 0 aromatic carbocycles. The van der Waals surface area contributed by atoms with E-state index in [1.54, 1.807) is 0 Å². The predicted octanol–water partition coefficient (Wildman–Crippen LogP) is 2.63. The third kappa shape index (κ3) is 8.50. The molecule has 2 N–H and O–H groups in total. The molecule has 0 atom stereocenters. The predicted molar refractivity (Wildman–Crippen MR) is 107 cm³/mol. The molecule has 0 radical (unpaired) electrons. The van der Waals surface area contributed by atoms with Crippen LogP contribution >= 0.6 is 24.0 Å². The van der Waals surface area contributed by atoms with Gasteiger partial charge >= 0.3 is 0 Å². The summed E-state index contributed by atoms with van der Waals surface area (Å²) >= 11 is 0. The van der Waals surface area contributed by atoms with Crippen LogP contribution in [0.1, 0.15) is 38.3 Å². The summed E-state index contributed by atoms with van der Waals surface area (Å²) in [5.74, 6) is 0.884. The Balaban J connectivity index is 0.00000264. The Bertz CT molecular complexity index is 432. The summed E-state index contributed by atoms with van der Waals surface area (Å²) in [6, 6.07) is 5.93. The van der Waals surface area contributed by atoms with Gasteiger partial charge < -0.3 is 15.5 Å². The number of guanidine groups is 1. The van der Waals surface area contributed by atoms with Gasteiger partial charge in [-0.05, 0) is 64.4 Å². The molecule has 1 fully saturated rings. The first-order valence-corrected chi connectivity index (χ1v) is 8.53. The van der Waals surface area contributed by atoms with E-state index in [-0.39, 0.29) is 24.0 Å². The molecule has 1 aromatic heterocycles. The Morgan fingerprint density at radius 2 is 2.04 bits per heavy atom. The minimum atomic E-state index is 0. The zero-order valence-electron chi connectivity index (χ0n) is 14.1. The van der Waals surface area contributed by atoms with Crippen LogP contribution in [0.25, 0.3) is 0 Å². The average molecular weight is 431 g/mol. The van der Waals surface area contributed by atoms with E-state index >= 15 is 0 Å². The fraction of sp³-hybridized carbons (Fsp3) is 0.647. The van der Waals surface area contributed by atoms with E-state index in [9.17, 15) is 0 Å². The topological polar surface area (TPSA) is 52.6 Å². The van der Waals surface area contributed by atoms with Crippen molar-refractivity contribution in [2.45, 2.75) is 39.2 Å². The third-order valence-electron chi connectivity index (χ3n) is 3.86. The normalized spacial score (nSPS) is 15.3. The van der Waals surface area contributed by atoms with Gasteiger partial charge in [-0.1, -0.05) is 6.07 Å². The van der Waals surface area contributed by atoms with Crippen molar-refractivity contribution in [2.75, 3.05) is 32.7 Å². The Hall–Kier alpha value is -0.890. The first-order chi connectivity index (χ1) is 10.9. The number of likely N-dealkylation sites (tertiary alicyclic amines) is 1. The number of aromatic nitrogens is 1. The SMILES string of the molecule is CCNC(=NCc1ccccn1)NCCCCN1CCCC1.I. The Morgan fingerprint density at radius 3 is 2.74 bits per heavy atom. The maximum atomic E-state index is 4.58. The number of nitrogens with one attached hydrogen (secondary N) is 2. The maximum absolute atomic E-state index is 4.58. The molecule has 1 aromatic rings. The van der Waals surface area contributed by atoms with Gasteiger partial charge in [0.25, 0.3) is 0 Å². The van der Waals surface area contributed by atoms with E-state index in [0.717, 1.165) is 24.7 Å². The van der Waals surface area contributed by atoms with Crippen molar-refractivity contribution in [3.63, 3.8) is 0 Å². The Kier molecular flexibility index (Phi) is 11.0. The molecule has 2 rings (SSSR count). The molecule has 23 heavy (non-hydrogen) atoms. The molecule has 0 bridgehead atoms. The minimum Gasteiger partial charge on any atom is -0.357 e. The van der Waals surface area contributed by atoms with Gasteiger partial charge in [0.1, 0.15) is 0 Å². The molecule has 1 aliphatic rings. The van der Waals surface area contributed by atoms with Crippen molar-refractivity contribution < 1.29 is 0 Å². The third-order valence-corrected chi connectivity index (χ3v) is 3.86. The number of halogens is 1. The van der Waals surface area contributed by atoms with Gasteiger partial charge in [0.05, 0.1) is 12.2 Å². The van der Waals surface area contributed by atoms with Gasteiger partial charge in [0.15, 0.2) is 5.96 Å². The minimum absolute atomic E-state index is 0. The number of nitrogens with zero attached hydrogens (tertiary/aromatic N) is 3. The highest BCUT2D eigenvalue weighted by Crippen LogP contribution is 2.07.